The lowest BCUT2D eigenvalue weighted by atomic mass is 9.76. The van der Waals surface area contributed by atoms with Gasteiger partial charge in [-0.25, -0.2) is 4.79 Å². The lowest BCUT2D eigenvalue weighted by Gasteiger charge is -2.26. The quantitative estimate of drug-likeness (QED) is 0.483. The van der Waals surface area contributed by atoms with E-state index >= 15 is 0 Å². The number of ether oxygens (including phenoxy) is 1. The SMILES string of the molecule is C=CC(=O)N1C[C@@H]2C[C@@H]2[C@@H]1COC(=O)N[C@@H](Cc1ccc(C)cc1)B(O)O. The number of likely N-dealkylation sites (tertiary alicyclic amines) is 1. The Kier molecular flexibility index (Phi) is 5.87. The van der Waals surface area contributed by atoms with E-state index in [9.17, 15) is 19.6 Å². The van der Waals surface area contributed by atoms with Gasteiger partial charge in [0.1, 0.15) is 6.61 Å². The molecule has 144 valence electrons. The smallest absolute Gasteiger partial charge is 0.447 e. The summed E-state index contributed by atoms with van der Waals surface area (Å²) in [6.07, 6.45) is 1.86. The Morgan fingerprint density at radius 1 is 1.41 bits per heavy atom. The number of alkyl carbamates (subject to hydrolysis) is 1. The number of fused-ring (bicyclic) bond motifs is 1. The van der Waals surface area contributed by atoms with E-state index in [1.807, 2.05) is 31.2 Å². The van der Waals surface area contributed by atoms with Gasteiger partial charge in [0.2, 0.25) is 5.91 Å². The Morgan fingerprint density at radius 2 is 2.11 bits per heavy atom. The summed E-state index contributed by atoms with van der Waals surface area (Å²) < 4.78 is 5.28. The molecule has 7 nitrogen and oxygen atoms in total. The highest BCUT2D eigenvalue weighted by Gasteiger charge is 2.53. The number of piperidine rings is 1. The van der Waals surface area contributed by atoms with E-state index in [0.717, 1.165) is 17.5 Å². The first kappa shape index (κ1) is 19.4. The van der Waals surface area contributed by atoms with Gasteiger partial charge in [0.05, 0.1) is 12.0 Å². The highest BCUT2D eigenvalue weighted by Crippen LogP contribution is 2.49. The van der Waals surface area contributed by atoms with E-state index in [-0.39, 0.29) is 25.0 Å². The summed E-state index contributed by atoms with van der Waals surface area (Å²) >= 11 is 0. The summed E-state index contributed by atoms with van der Waals surface area (Å²) in [6, 6.07) is 7.46. The van der Waals surface area contributed by atoms with Gasteiger partial charge < -0.3 is 25.0 Å². The molecule has 27 heavy (non-hydrogen) atoms. The van der Waals surface area contributed by atoms with Crippen LogP contribution < -0.4 is 5.32 Å². The average Bonchev–Trinajstić information content (AvgIpc) is 3.32. The number of aryl methyl sites for hydroxylation is 1. The standard InChI is InChI=1S/C19H25BN2O5/c1-3-18(23)22-10-14-9-15(14)16(22)11-27-19(24)21-17(20(25)26)8-13-6-4-12(2)5-7-13/h3-7,14-17,25-26H,1,8-11H2,2H3,(H,21,24)/t14-,15-,16-,17-/m0/s1. The van der Waals surface area contributed by atoms with Crippen molar-refractivity contribution >= 4 is 19.1 Å². The van der Waals surface area contributed by atoms with Gasteiger partial charge in [0.25, 0.3) is 0 Å². The molecular formula is C19H25BN2O5. The molecule has 1 aliphatic heterocycles. The second kappa shape index (κ2) is 8.14. The topological polar surface area (TPSA) is 99.1 Å². The van der Waals surface area contributed by atoms with Crippen molar-refractivity contribution < 1.29 is 24.4 Å². The van der Waals surface area contributed by atoms with Crippen LogP contribution in [0.2, 0.25) is 0 Å². The zero-order chi connectivity index (χ0) is 19.6. The van der Waals surface area contributed by atoms with Crippen molar-refractivity contribution in [1.82, 2.24) is 10.2 Å². The van der Waals surface area contributed by atoms with E-state index in [2.05, 4.69) is 11.9 Å². The van der Waals surface area contributed by atoms with Crippen molar-refractivity contribution in [2.24, 2.45) is 11.8 Å². The third-order valence-corrected chi connectivity index (χ3v) is 5.39. The Hall–Kier alpha value is -2.32. The predicted molar refractivity (Wildman–Crippen MR) is 101 cm³/mol. The minimum Gasteiger partial charge on any atom is -0.447 e. The summed E-state index contributed by atoms with van der Waals surface area (Å²) in [4.78, 5) is 25.8. The third kappa shape index (κ3) is 4.70. The minimum atomic E-state index is -1.71. The van der Waals surface area contributed by atoms with Gasteiger partial charge in [-0.1, -0.05) is 36.4 Å². The fourth-order valence-electron chi connectivity index (χ4n) is 3.72. The highest BCUT2D eigenvalue weighted by molar-refractivity contribution is 6.43. The first-order chi connectivity index (χ1) is 12.9. The Balaban J connectivity index is 1.52. The fourth-order valence-corrected chi connectivity index (χ4v) is 3.72. The maximum Gasteiger partial charge on any atom is 0.475 e. The van der Waals surface area contributed by atoms with E-state index in [0.29, 0.717) is 18.4 Å². The summed E-state index contributed by atoms with van der Waals surface area (Å²) in [5, 5.41) is 21.7. The fraction of sp³-hybridized carbons (Fsp3) is 0.474. The van der Waals surface area contributed by atoms with Crippen LogP contribution in [0.4, 0.5) is 4.79 Å². The molecule has 0 unspecified atom stereocenters. The molecule has 3 N–H and O–H groups in total. The molecule has 2 amide bonds. The highest BCUT2D eigenvalue weighted by atomic mass is 16.5. The molecule has 0 bridgehead atoms. The van der Waals surface area contributed by atoms with Crippen LogP contribution in [0, 0.1) is 18.8 Å². The molecular weight excluding hydrogens is 347 g/mol. The third-order valence-electron chi connectivity index (χ3n) is 5.39. The van der Waals surface area contributed by atoms with Gasteiger partial charge in [-0.2, -0.15) is 0 Å². The summed E-state index contributed by atoms with van der Waals surface area (Å²) in [7, 11) is -1.71. The molecule has 4 atom stereocenters. The Bertz CT molecular complexity index is 709. The number of rotatable bonds is 7. The first-order valence-electron chi connectivity index (χ1n) is 9.17. The van der Waals surface area contributed by atoms with Crippen LogP contribution in [0.25, 0.3) is 0 Å². The van der Waals surface area contributed by atoms with Crippen LogP contribution in [-0.4, -0.2) is 59.2 Å². The van der Waals surface area contributed by atoms with Crippen LogP contribution in [0.15, 0.2) is 36.9 Å². The van der Waals surface area contributed by atoms with E-state index in [1.54, 1.807) is 4.90 Å². The monoisotopic (exact) mass is 372 g/mol. The molecule has 8 heteroatoms. The lowest BCUT2D eigenvalue weighted by Crippen LogP contribution is -2.49. The normalized spacial score (nSPS) is 24.0. The molecule has 2 aliphatic rings. The van der Waals surface area contributed by atoms with Crippen LogP contribution >= 0.6 is 0 Å². The number of benzene rings is 1. The van der Waals surface area contributed by atoms with Gasteiger partial charge >= 0.3 is 13.2 Å². The van der Waals surface area contributed by atoms with Gasteiger partial charge in [0, 0.05) is 6.54 Å². The second-order valence-corrected chi connectivity index (χ2v) is 7.37. The number of hydrogen-bond donors (Lipinski definition) is 3. The molecule has 2 fully saturated rings. The molecule has 3 rings (SSSR count). The summed E-state index contributed by atoms with van der Waals surface area (Å²) in [5.41, 5.74) is 1.97. The van der Waals surface area contributed by atoms with Gasteiger partial charge in [-0.15, -0.1) is 0 Å². The van der Waals surface area contributed by atoms with Crippen LogP contribution in [0.5, 0.6) is 0 Å². The van der Waals surface area contributed by atoms with E-state index in [1.165, 1.54) is 6.08 Å². The largest absolute Gasteiger partial charge is 0.475 e. The maximum absolute atomic E-state index is 12.1. The van der Waals surface area contributed by atoms with Crippen molar-refractivity contribution in [3.63, 3.8) is 0 Å². The zero-order valence-corrected chi connectivity index (χ0v) is 15.4. The Morgan fingerprint density at radius 3 is 2.74 bits per heavy atom. The minimum absolute atomic E-state index is 0.0886. The molecule has 1 aliphatic carbocycles. The number of carbonyl (C=O) groups excluding carboxylic acids is 2. The van der Waals surface area contributed by atoms with Crippen molar-refractivity contribution in [3.8, 4) is 0 Å². The average molecular weight is 372 g/mol. The van der Waals surface area contributed by atoms with Crippen LogP contribution in [0.1, 0.15) is 17.5 Å². The molecule has 1 saturated heterocycles. The van der Waals surface area contributed by atoms with Gasteiger partial charge in [-0.05, 0) is 43.2 Å². The van der Waals surface area contributed by atoms with Crippen molar-refractivity contribution in [2.75, 3.05) is 13.2 Å². The first-order valence-corrected chi connectivity index (χ1v) is 9.17. The number of amides is 2. The molecule has 0 spiro atoms. The summed E-state index contributed by atoms with van der Waals surface area (Å²) in [6.45, 7) is 6.24. The van der Waals surface area contributed by atoms with E-state index in [4.69, 9.17) is 4.74 Å². The number of carbonyl (C=O) groups is 2. The van der Waals surface area contributed by atoms with Crippen molar-refractivity contribution in [3.05, 3.63) is 48.0 Å². The molecule has 1 aromatic carbocycles. The molecule has 1 aromatic rings. The van der Waals surface area contributed by atoms with Crippen LogP contribution in [0.3, 0.4) is 0 Å². The van der Waals surface area contributed by atoms with Gasteiger partial charge in [0.15, 0.2) is 0 Å². The lowest BCUT2D eigenvalue weighted by molar-refractivity contribution is -0.128. The number of nitrogens with zero attached hydrogens (tertiary/aromatic N) is 1. The Labute approximate surface area is 159 Å². The van der Waals surface area contributed by atoms with Crippen molar-refractivity contribution in [1.29, 1.82) is 0 Å². The van der Waals surface area contributed by atoms with E-state index < -0.39 is 19.2 Å². The number of hydrogen-bond acceptors (Lipinski definition) is 5. The maximum atomic E-state index is 12.1. The second-order valence-electron chi connectivity index (χ2n) is 7.37. The van der Waals surface area contributed by atoms with Crippen molar-refractivity contribution in [2.45, 2.75) is 31.7 Å². The molecule has 1 heterocycles. The summed E-state index contributed by atoms with van der Waals surface area (Å²) in [5.74, 6) is -0.185. The van der Waals surface area contributed by atoms with Crippen LogP contribution in [-0.2, 0) is 16.0 Å². The molecule has 0 radical (unpaired) electrons. The molecule has 0 aromatic heterocycles. The molecule has 1 saturated carbocycles. The predicted octanol–water partition coefficient (Wildman–Crippen LogP) is 0.677. The number of nitrogens with one attached hydrogen (secondary N) is 1. The van der Waals surface area contributed by atoms with Gasteiger partial charge in [-0.3, -0.25) is 4.79 Å². The zero-order valence-electron chi connectivity index (χ0n) is 15.4.